The van der Waals surface area contributed by atoms with Gasteiger partial charge in [-0.2, -0.15) is 0 Å². The van der Waals surface area contributed by atoms with E-state index in [4.69, 9.17) is 25.8 Å². The first-order chi connectivity index (χ1) is 21.9. The summed E-state index contributed by atoms with van der Waals surface area (Å²) in [5, 5.41) is 21.1. The second-order valence-corrected chi connectivity index (χ2v) is 13.0. The van der Waals surface area contributed by atoms with Gasteiger partial charge in [0.15, 0.2) is 15.8 Å². The molecule has 232 valence electrons. The zero-order chi connectivity index (χ0) is 31.3. The summed E-state index contributed by atoms with van der Waals surface area (Å²) in [5.74, 6) is 0.255. The summed E-state index contributed by atoms with van der Waals surface area (Å²) >= 11 is 8.68. The second-order valence-electron chi connectivity index (χ2n) is 10.4. The van der Waals surface area contributed by atoms with Crippen LogP contribution in [0.3, 0.4) is 0 Å². The van der Waals surface area contributed by atoms with Gasteiger partial charge in [-0.3, -0.25) is 14.5 Å². The van der Waals surface area contributed by atoms with Gasteiger partial charge in [-0.15, -0.1) is 10.2 Å². The van der Waals surface area contributed by atoms with Crippen molar-refractivity contribution in [3.8, 4) is 17.2 Å². The number of ether oxygens (including phenoxy) is 3. The standard InChI is InChI=1S/C33H30ClN3O6S2/c1-2-3-4-14-41-24-7-5-6-21(17-24)28-27(29(38)22-10-13-25-26(18-22)43-16-15-42-25)30(39)31(40)37(28)32-35-36-33(45-32)44-19-20-8-11-23(34)12-9-20/h5-13,17-18,28,38H,2-4,14-16,19H2,1H3/b29-27-. The number of benzene rings is 3. The highest BCUT2D eigenvalue weighted by atomic mass is 35.5. The van der Waals surface area contributed by atoms with Crippen molar-refractivity contribution in [2.75, 3.05) is 24.7 Å². The van der Waals surface area contributed by atoms with Gasteiger partial charge in [-0.25, -0.2) is 0 Å². The van der Waals surface area contributed by atoms with Gasteiger partial charge in [0.2, 0.25) is 5.13 Å². The number of hydrogen-bond donors (Lipinski definition) is 1. The number of rotatable bonds is 11. The lowest BCUT2D eigenvalue weighted by Crippen LogP contribution is -2.29. The van der Waals surface area contributed by atoms with Gasteiger partial charge in [0.05, 0.1) is 18.2 Å². The molecule has 4 aromatic rings. The molecule has 6 rings (SSSR count). The molecule has 12 heteroatoms. The van der Waals surface area contributed by atoms with Crippen molar-refractivity contribution in [3.63, 3.8) is 0 Å². The Morgan fingerprint density at radius 3 is 2.64 bits per heavy atom. The number of ketones is 1. The molecule has 1 atom stereocenters. The largest absolute Gasteiger partial charge is 0.507 e. The summed E-state index contributed by atoms with van der Waals surface area (Å²) in [6, 6.07) is 18.7. The maximum Gasteiger partial charge on any atom is 0.301 e. The van der Waals surface area contributed by atoms with Crippen molar-refractivity contribution in [2.45, 2.75) is 42.3 Å². The second kappa shape index (κ2) is 13.9. The summed E-state index contributed by atoms with van der Waals surface area (Å²) in [6.45, 7) is 3.45. The Morgan fingerprint density at radius 1 is 1.04 bits per heavy atom. The van der Waals surface area contributed by atoms with Crippen molar-refractivity contribution in [2.24, 2.45) is 0 Å². The van der Waals surface area contributed by atoms with Gasteiger partial charge < -0.3 is 19.3 Å². The van der Waals surface area contributed by atoms with E-state index in [0.29, 0.717) is 63.3 Å². The fourth-order valence-electron chi connectivity index (χ4n) is 5.09. The van der Waals surface area contributed by atoms with Crippen LogP contribution in [-0.4, -0.2) is 46.8 Å². The molecular weight excluding hydrogens is 634 g/mol. The third kappa shape index (κ3) is 6.80. The number of carbonyl (C=O) groups is 2. The summed E-state index contributed by atoms with van der Waals surface area (Å²) < 4.78 is 17.9. The summed E-state index contributed by atoms with van der Waals surface area (Å²) in [5.41, 5.74) is 1.90. The molecule has 1 fully saturated rings. The molecule has 0 bridgehead atoms. The van der Waals surface area contributed by atoms with Crippen LogP contribution in [0, 0.1) is 0 Å². The minimum Gasteiger partial charge on any atom is -0.507 e. The van der Waals surface area contributed by atoms with Crippen molar-refractivity contribution in [1.82, 2.24) is 10.2 Å². The average Bonchev–Trinajstić information content (AvgIpc) is 3.64. The molecule has 3 aromatic carbocycles. The molecule has 0 saturated carbocycles. The van der Waals surface area contributed by atoms with Gasteiger partial charge in [-0.05, 0) is 60.0 Å². The molecule has 1 amide bonds. The smallest absolute Gasteiger partial charge is 0.301 e. The Morgan fingerprint density at radius 2 is 1.84 bits per heavy atom. The Balaban J connectivity index is 1.37. The topological polar surface area (TPSA) is 111 Å². The molecule has 0 radical (unpaired) electrons. The van der Waals surface area contributed by atoms with Gasteiger partial charge in [-0.1, -0.05) is 78.7 Å². The Hall–Kier alpha value is -4.06. The number of carbonyl (C=O) groups excluding carboxylic acids is 2. The molecule has 45 heavy (non-hydrogen) atoms. The predicted molar refractivity (Wildman–Crippen MR) is 175 cm³/mol. The third-order valence-electron chi connectivity index (χ3n) is 7.33. The number of nitrogens with zero attached hydrogens (tertiary/aromatic N) is 3. The van der Waals surface area contributed by atoms with E-state index in [1.807, 2.05) is 36.4 Å². The number of amides is 1. The minimum atomic E-state index is -0.973. The van der Waals surface area contributed by atoms with Crippen LogP contribution in [-0.2, 0) is 15.3 Å². The van der Waals surface area contributed by atoms with Crippen LogP contribution < -0.4 is 19.1 Å². The summed E-state index contributed by atoms with van der Waals surface area (Å²) in [7, 11) is 0. The molecule has 1 unspecified atom stereocenters. The SMILES string of the molecule is CCCCCOc1cccc(C2/C(=C(/O)c3ccc4c(c3)OCCO4)C(=O)C(=O)N2c2nnc(SCc3ccc(Cl)cc3)s2)c1. The number of unbranched alkanes of at least 4 members (excludes halogenated alkanes) is 2. The quantitative estimate of drug-likeness (QED) is 0.0437. The maximum absolute atomic E-state index is 13.7. The van der Waals surface area contributed by atoms with E-state index >= 15 is 0 Å². The van der Waals surface area contributed by atoms with Crippen LogP contribution in [0.1, 0.15) is 48.9 Å². The van der Waals surface area contributed by atoms with E-state index in [1.54, 1.807) is 30.3 Å². The van der Waals surface area contributed by atoms with Gasteiger partial charge in [0.25, 0.3) is 5.78 Å². The molecule has 9 nitrogen and oxygen atoms in total. The van der Waals surface area contributed by atoms with Crippen LogP contribution in [0.15, 0.2) is 76.6 Å². The number of anilines is 1. The predicted octanol–water partition coefficient (Wildman–Crippen LogP) is 7.45. The zero-order valence-electron chi connectivity index (χ0n) is 24.4. The lowest BCUT2D eigenvalue weighted by atomic mass is 9.95. The van der Waals surface area contributed by atoms with Crippen LogP contribution in [0.2, 0.25) is 5.02 Å². The first kappa shape index (κ1) is 30.9. The van der Waals surface area contributed by atoms with Crippen LogP contribution >= 0.6 is 34.7 Å². The molecule has 0 spiro atoms. The van der Waals surface area contributed by atoms with Gasteiger partial charge in [0, 0.05) is 16.3 Å². The number of Topliss-reactive ketones (excluding diaryl/α,β-unsaturated/α-hetero) is 1. The fourth-order valence-corrected chi connectivity index (χ4v) is 7.04. The monoisotopic (exact) mass is 663 g/mol. The van der Waals surface area contributed by atoms with Crippen molar-refractivity contribution in [3.05, 3.63) is 94.0 Å². The van der Waals surface area contributed by atoms with E-state index in [-0.39, 0.29) is 16.5 Å². The van der Waals surface area contributed by atoms with E-state index in [9.17, 15) is 14.7 Å². The number of fused-ring (bicyclic) bond motifs is 1. The minimum absolute atomic E-state index is 0.0645. The van der Waals surface area contributed by atoms with Crippen LogP contribution in [0.4, 0.5) is 5.13 Å². The van der Waals surface area contributed by atoms with E-state index in [0.717, 1.165) is 24.8 Å². The van der Waals surface area contributed by atoms with Crippen LogP contribution in [0.5, 0.6) is 17.2 Å². The Bertz CT molecular complexity index is 1740. The van der Waals surface area contributed by atoms with E-state index in [2.05, 4.69) is 17.1 Å². The molecule has 1 saturated heterocycles. The normalized spacial score (nSPS) is 17.1. The van der Waals surface area contributed by atoms with E-state index in [1.165, 1.54) is 28.0 Å². The van der Waals surface area contributed by atoms with Crippen molar-refractivity contribution in [1.29, 1.82) is 0 Å². The highest BCUT2D eigenvalue weighted by Crippen LogP contribution is 2.45. The first-order valence-electron chi connectivity index (χ1n) is 14.6. The van der Waals surface area contributed by atoms with Gasteiger partial charge >= 0.3 is 5.91 Å². The first-order valence-corrected chi connectivity index (χ1v) is 16.8. The molecule has 2 aliphatic rings. The van der Waals surface area contributed by atoms with Crippen LogP contribution in [0.25, 0.3) is 5.76 Å². The molecule has 1 aromatic heterocycles. The van der Waals surface area contributed by atoms with Crippen molar-refractivity contribution < 1.29 is 28.9 Å². The van der Waals surface area contributed by atoms with Crippen molar-refractivity contribution >= 4 is 57.3 Å². The number of aromatic nitrogens is 2. The Labute approximate surface area is 273 Å². The molecule has 0 aliphatic carbocycles. The lowest BCUT2D eigenvalue weighted by Gasteiger charge is -2.23. The zero-order valence-corrected chi connectivity index (χ0v) is 26.8. The number of aliphatic hydroxyl groups is 1. The average molecular weight is 664 g/mol. The number of hydrogen-bond acceptors (Lipinski definition) is 10. The highest BCUT2D eigenvalue weighted by molar-refractivity contribution is 8.00. The number of thioether (sulfide) groups is 1. The highest BCUT2D eigenvalue weighted by Gasteiger charge is 2.48. The van der Waals surface area contributed by atoms with E-state index < -0.39 is 17.7 Å². The maximum atomic E-state index is 13.7. The third-order valence-corrected chi connectivity index (χ3v) is 9.71. The molecule has 2 aliphatic heterocycles. The van der Waals surface area contributed by atoms with Gasteiger partial charge in [0.1, 0.15) is 24.7 Å². The fraction of sp³-hybridized carbons (Fsp3) is 0.273. The Kier molecular flexibility index (Phi) is 9.58. The summed E-state index contributed by atoms with van der Waals surface area (Å²) in [4.78, 5) is 28.7. The molecular formula is C33H30ClN3O6S2. The molecule has 1 N–H and O–H groups in total. The number of aliphatic hydroxyl groups excluding tert-OH is 1. The lowest BCUT2D eigenvalue weighted by molar-refractivity contribution is -0.132. The molecule has 3 heterocycles. The summed E-state index contributed by atoms with van der Waals surface area (Å²) in [6.07, 6.45) is 3.02. The number of halogens is 1.